The van der Waals surface area contributed by atoms with Crippen LogP contribution in [-0.2, 0) is 6.54 Å². The molecule has 38 heavy (non-hydrogen) atoms. The van der Waals surface area contributed by atoms with Crippen molar-refractivity contribution >= 4 is 17.5 Å². The average Bonchev–Trinajstić information content (AvgIpc) is 3.61. The second kappa shape index (κ2) is 11.3. The fourth-order valence-electron chi connectivity index (χ4n) is 4.97. The molecule has 7 nitrogen and oxygen atoms in total. The van der Waals surface area contributed by atoms with Gasteiger partial charge in [0.05, 0.1) is 24.2 Å². The lowest BCUT2D eigenvalue weighted by Crippen LogP contribution is -2.41. The first-order chi connectivity index (χ1) is 18.4. The van der Waals surface area contributed by atoms with E-state index in [4.69, 9.17) is 26.4 Å². The molecule has 1 amide bonds. The maximum Gasteiger partial charge on any atom is 0.257 e. The molecular weight excluding hydrogens is 505 g/mol. The molecule has 0 unspecified atom stereocenters. The van der Waals surface area contributed by atoms with Crippen LogP contribution in [0.2, 0.25) is 5.02 Å². The average molecular weight is 534 g/mol. The lowest BCUT2D eigenvalue weighted by atomic mass is 10.1. The van der Waals surface area contributed by atoms with E-state index in [1.165, 1.54) is 6.07 Å². The maximum atomic E-state index is 14.7. The lowest BCUT2D eigenvalue weighted by molar-refractivity contribution is 0.0667. The van der Waals surface area contributed by atoms with Gasteiger partial charge >= 0.3 is 0 Å². The lowest BCUT2D eigenvalue weighted by Gasteiger charge is -2.29. The molecule has 2 heterocycles. The van der Waals surface area contributed by atoms with Gasteiger partial charge in [-0.3, -0.25) is 9.78 Å². The van der Waals surface area contributed by atoms with Gasteiger partial charge in [0.1, 0.15) is 11.6 Å². The molecule has 0 saturated heterocycles. The highest BCUT2D eigenvalue weighted by atomic mass is 35.5. The number of aryl methyl sites for hydroxylation is 1. The Morgan fingerprint density at radius 1 is 1.11 bits per heavy atom. The Bertz CT molecular complexity index is 1440. The van der Waals surface area contributed by atoms with E-state index in [0.29, 0.717) is 35.5 Å². The maximum absolute atomic E-state index is 14.7. The number of pyridine rings is 1. The Morgan fingerprint density at radius 3 is 2.58 bits per heavy atom. The molecule has 1 saturated carbocycles. The van der Waals surface area contributed by atoms with Gasteiger partial charge in [0.2, 0.25) is 0 Å². The van der Waals surface area contributed by atoms with Crippen molar-refractivity contribution in [3.8, 4) is 28.5 Å². The molecule has 0 aliphatic heterocycles. The van der Waals surface area contributed by atoms with Crippen molar-refractivity contribution in [2.24, 2.45) is 0 Å². The number of hydrogen-bond donors (Lipinski definition) is 0. The van der Waals surface area contributed by atoms with Gasteiger partial charge in [0.25, 0.3) is 5.91 Å². The normalized spacial score (nSPS) is 13.6. The van der Waals surface area contributed by atoms with Crippen molar-refractivity contribution in [2.45, 2.75) is 45.2 Å². The molecule has 4 aromatic rings. The van der Waals surface area contributed by atoms with E-state index in [1.54, 1.807) is 48.5 Å². The molecule has 196 valence electrons. The summed E-state index contributed by atoms with van der Waals surface area (Å²) < 4.78 is 21.8. The van der Waals surface area contributed by atoms with Crippen LogP contribution >= 0.6 is 11.6 Å². The molecule has 1 aliphatic carbocycles. The Morgan fingerprint density at radius 2 is 1.87 bits per heavy atom. The first-order valence-corrected chi connectivity index (χ1v) is 13.1. The summed E-state index contributed by atoms with van der Waals surface area (Å²) in [5.74, 6) is 0.924. The highest BCUT2D eigenvalue weighted by molar-refractivity contribution is 6.32. The zero-order chi connectivity index (χ0) is 26.6. The van der Waals surface area contributed by atoms with Crippen LogP contribution in [-0.4, -0.2) is 50.3 Å². The molecule has 0 N–H and O–H groups in total. The van der Waals surface area contributed by atoms with E-state index < -0.39 is 5.82 Å². The van der Waals surface area contributed by atoms with Gasteiger partial charge in [-0.25, -0.2) is 14.1 Å². The summed E-state index contributed by atoms with van der Waals surface area (Å²) in [6, 6.07) is 13.9. The second-order valence-corrected chi connectivity index (χ2v) is 9.89. The second-order valence-electron chi connectivity index (χ2n) is 9.49. The molecule has 1 aliphatic rings. The molecule has 9 heteroatoms. The van der Waals surface area contributed by atoms with Crippen molar-refractivity contribution in [3.05, 3.63) is 82.9 Å². The van der Waals surface area contributed by atoms with Gasteiger partial charge in [0, 0.05) is 36.1 Å². The summed E-state index contributed by atoms with van der Waals surface area (Å²) >= 11 is 6.43. The Hall–Kier alpha value is -3.78. The van der Waals surface area contributed by atoms with Crippen molar-refractivity contribution in [2.75, 3.05) is 13.7 Å². The van der Waals surface area contributed by atoms with Gasteiger partial charge < -0.3 is 9.64 Å². The van der Waals surface area contributed by atoms with Gasteiger partial charge in [-0.2, -0.15) is 5.10 Å². The first kappa shape index (κ1) is 25.9. The predicted octanol–water partition coefficient (Wildman–Crippen LogP) is 6.20. The van der Waals surface area contributed by atoms with Gasteiger partial charge in [0.15, 0.2) is 11.6 Å². The monoisotopic (exact) mass is 533 g/mol. The molecule has 2 aromatic heterocycles. The van der Waals surface area contributed by atoms with Crippen LogP contribution in [0.4, 0.5) is 4.39 Å². The highest BCUT2D eigenvalue weighted by Gasteiger charge is 2.29. The Labute approximate surface area is 226 Å². The first-order valence-electron chi connectivity index (χ1n) is 12.7. The van der Waals surface area contributed by atoms with Crippen LogP contribution in [0.3, 0.4) is 0 Å². The molecule has 0 radical (unpaired) electrons. The number of benzene rings is 2. The number of rotatable bonds is 8. The van der Waals surface area contributed by atoms with E-state index in [0.717, 1.165) is 42.4 Å². The standard InChI is InChI=1S/C29H29ClFN5O2/c1-19-7-9-25(31)23(17-19)29(37)35(22-5-3-4-6-22)15-16-36-28(21-8-10-26(38-2)24(30)18-21)33-27(34-36)20-11-13-32-14-12-20/h7-14,17-18,22H,3-6,15-16H2,1-2H3. The topological polar surface area (TPSA) is 73.1 Å². The Balaban J connectivity index is 1.49. The predicted molar refractivity (Wildman–Crippen MR) is 145 cm³/mol. The zero-order valence-electron chi connectivity index (χ0n) is 21.4. The minimum atomic E-state index is -0.502. The number of amides is 1. The number of aromatic nitrogens is 4. The SMILES string of the molecule is COc1ccc(-c2nc(-c3ccncc3)nn2CCN(C(=O)c2cc(C)ccc2F)C2CCCC2)cc1Cl. The third kappa shape index (κ3) is 5.41. The number of methoxy groups -OCH3 is 1. The van der Waals surface area contributed by atoms with Crippen molar-refractivity contribution in [3.63, 3.8) is 0 Å². The number of halogens is 2. The fraction of sp³-hybridized carbons (Fsp3) is 0.310. The number of hydrogen-bond acceptors (Lipinski definition) is 5. The van der Waals surface area contributed by atoms with Crippen molar-refractivity contribution in [1.29, 1.82) is 0 Å². The number of carbonyl (C=O) groups is 1. The van der Waals surface area contributed by atoms with E-state index >= 15 is 0 Å². The van der Waals surface area contributed by atoms with Gasteiger partial charge in [-0.15, -0.1) is 0 Å². The fourth-order valence-corrected chi connectivity index (χ4v) is 5.22. The summed E-state index contributed by atoms with van der Waals surface area (Å²) in [5.41, 5.74) is 2.55. The smallest absolute Gasteiger partial charge is 0.257 e. The molecule has 2 aromatic carbocycles. The molecule has 0 atom stereocenters. The number of carbonyl (C=O) groups excluding carboxylic acids is 1. The minimum absolute atomic E-state index is 0.0597. The van der Waals surface area contributed by atoms with Crippen LogP contribution in [0.1, 0.15) is 41.6 Å². The summed E-state index contributed by atoms with van der Waals surface area (Å²) in [5, 5.41) is 5.24. The molecule has 0 spiro atoms. The quantitative estimate of drug-likeness (QED) is 0.269. The largest absolute Gasteiger partial charge is 0.495 e. The number of nitrogens with zero attached hydrogens (tertiary/aromatic N) is 5. The van der Waals surface area contributed by atoms with Crippen LogP contribution in [0.25, 0.3) is 22.8 Å². The van der Waals surface area contributed by atoms with Crippen LogP contribution < -0.4 is 4.74 Å². The van der Waals surface area contributed by atoms with Crippen LogP contribution in [0, 0.1) is 12.7 Å². The minimum Gasteiger partial charge on any atom is -0.495 e. The zero-order valence-corrected chi connectivity index (χ0v) is 22.2. The van der Waals surface area contributed by atoms with Crippen molar-refractivity contribution in [1.82, 2.24) is 24.6 Å². The molecule has 1 fully saturated rings. The van der Waals surface area contributed by atoms with Gasteiger partial charge in [-0.05, 0) is 62.2 Å². The van der Waals surface area contributed by atoms with Crippen LogP contribution in [0.5, 0.6) is 5.75 Å². The third-order valence-corrected chi connectivity index (χ3v) is 7.25. The molecule has 0 bridgehead atoms. The van der Waals surface area contributed by atoms with Crippen LogP contribution in [0.15, 0.2) is 60.9 Å². The number of ether oxygens (including phenoxy) is 1. The molecule has 5 rings (SSSR count). The summed E-state index contributed by atoms with van der Waals surface area (Å²) in [6.45, 7) is 2.61. The third-order valence-electron chi connectivity index (χ3n) is 6.95. The van der Waals surface area contributed by atoms with Gasteiger partial charge in [-0.1, -0.05) is 36.1 Å². The van der Waals surface area contributed by atoms with E-state index in [-0.39, 0.29) is 17.5 Å². The molecular formula is C29H29ClFN5O2. The van der Waals surface area contributed by atoms with E-state index in [1.807, 2.05) is 30.0 Å². The van der Waals surface area contributed by atoms with Crippen molar-refractivity contribution < 1.29 is 13.9 Å². The Kier molecular flexibility index (Phi) is 7.69. The summed E-state index contributed by atoms with van der Waals surface area (Å²) in [7, 11) is 1.57. The summed E-state index contributed by atoms with van der Waals surface area (Å²) in [4.78, 5) is 24.3. The summed E-state index contributed by atoms with van der Waals surface area (Å²) in [6.07, 6.45) is 7.29. The highest BCUT2D eigenvalue weighted by Crippen LogP contribution is 2.31. The van der Waals surface area contributed by atoms with E-state index in [2.05, 4.69) is 4.98 Å². The van der Waals surface area contributed by atoms with E-state index in [9.17, 15) is 9.18 Å².